The Kier molecular flexibility index (Phi) is 1.86. The maximum atomic E-state index is 10.8. The Bertz CT molecular complexity index is 496. The largest absolute Gasteiger partial charge is 0.492 e. The zero-order chi connectivity index (χ0) is 11.1. The van der Waals surface area contributed by atoms with Crippen LogP contribution in [0.5, 0.6) is 5.75 Å². The first-order chi connectivity index (χ1) is 7.75. The lowest BCUT2D eigenvalue weighted by atomic mass is 9.94. The maximum absolute atomic E-state index is 10.8. The lowest BCUT2D eigenvalue weighted by Crippen LogP contribution is -2.28. The molecule has 0 bridgehead atoms. The van der Waals surface area contributed by atoms with E-state index in [2.05, 4.69) is 10.5 Å². The standard InChI is InChI=1S/C11H10N2O3/c14-11(15)6-1-2-8-9(3-6)16-5-7-4-12-13-10(7)8/h1-3,7,12H,4-5H2,(H,14,15). The van der Waals surface area contributed by atoms with E-state index < -0.39 is 5.97 Å². The van der Waals surface area contributed by atoms with E-state index >= 15 is 0 Å². The van der Waals surface area contributed by atoms with E-state index in [1.807, 2.05) is 0 Å². The van der Waals surface area contributed by atoms with Gasteiger partial charge in [0.1, 0.15) is 5.75 Å². The molecule has 16 heavy (non-hydrogen) atoms. The molecule has 5 heteroatoms. The van der Waals surface area contributed by atoms with Crippen LogP contribution in [0, 0.1) is 5.92 Å². The van der Waals surface area contributed by atoms with Crippen LogP contribution in [0.2, 0.25) is 0 Å². The third kappa shape index (κ3) is 1.25. The summed E-state index contributed by atoms with van der Waals surface area (Å²) in [5.74, 6) is -0.0539. The number of carboxylic acid groups (broad SMARTS) is 1. The van der Waals surface area contributed by atoms with Crippen LogP contribution in [-0.2, 0) is 0 Å². The monoisotopic (exact) mass is 218 g/mol. The number of rotatable bonds is 1. The Morgan fingerprint density at radius 3 is 3.25 bits per heavy atom. The van der Waals surface area contributed by atoms with E-state index in [1.54, 1.807) is 18.2 Å². The van der Waals surface area contributed by atoms with E-state index in [1.165, 1.54) is 0 Å². The Hall–Kier alpha value is -2.04. The highest BCUT2D eigenvalue weighted by atomic mass is 16.5. The summed E-state index contributed by atoms with van der Waals surface area (Å²) in [5, 5.41) is 13.1. The summed E-state index contributed by atoms with van der Waals surface area (Å²) in [5.41, 5.74) is 5.04. The van der Waals surface area contributed by atoms with Crippen LogP contribution in [0.1, 0.15) is 15.9 Å². The van der Waals surface area contributed by atoms with Gasteiger partial charge in [-0.3, -0.25) is 0 Å². The number of hydrogen-bond acceptors (Lipinski definition) is 4. The molecule has 2 aliphatic heterocycles. The highest BCUT2D eigenvalue weighted by molar-refractivity contribution is 6.06. The van der Waals surface area contributed by atoms with Gasteiger partial charge < -0.3 is 15.3 Å². The van der Waals surface area contributed by atoms with Crippen molar-refractivity contribution in [1.82, 2.24) is 5.43 Å². The quantitative estimate of drug-likeness (QED) is 0.728. The molecule has 82 valence electrons. The minimum Gasteiger partial charge on any atom is -0.492 e. The van der Waals surface area contributed by atoms with Crippen molar-refractivity contribution in [2.75, 3.05) is 13.2 Å². The third-order valence-electron chi connectivity index (χ3n) is 2.87. The average Bonchev–Trinajstić information content (AvgIpc) is 2.76. The number of nitrogens with one attached hydrogen (secondary N) is 1. The van der Waals surface area contributed by atoms with Gasteiger partial charge in [0.15, 0.2) is 0 Å². The highest BCUT2D eigenvalue weighted by Gasteiger charge is 2.30. The number of hydrazone groups is 1. The minimum atomic E-state index is -0.944. The molecular formula is C11H10N2O3. The van der Waals surface area contributed by atoms with Gasteiger partial charge in [-0.1, -0.05) is 0 Å². The van der Waals surface area contributed by atoms with Gasteiger partial charge in [0.2, 0.25) is 0 Å². The highest BCUT2D eigenvalue weighted by Crippen LogP contribution is 2.30. The van der Waals surface area contributed by atoms with Crippen molar-refractivity contribution in [2.45, 2.75) is 0 Å². The first kappa shape index (κ1) is 9.21. The number of hydrogen-bond donors (Lipinski definition) is 2. The second kappa shape index (κ2) is 3.23. The van der Waals surface area contributed by atoms with Crippen LogP contribution < -0.4 is 10.2 Å². The number of carbonyl (C=O) groups is 1. The fraction of sp³-hybridized carbons (Fsp3) is 0.273. The second-order valence-electron chi connectivity index (χ2n) is 3.88. The van der Waals surface area contributed by atoms with Crippen molar-refractivity contribution >= 4 is 11.7 Å². The number of benzene rings is 1. The fourth-order valence-corrected chi connectivity index (χ4v) is 2.02. The number of carboxylic acids is 1. The molecule has 0 radical (unpaired) electrons. The van der Waals surface area contributed by atoms with Gasteiger partial charge in [-0.05, 0) is 18.2 Å². The molecule has 0 spiro atoms. The molecule has 5 nitrogen and oxygen atoms in total. The summed E-state index contributed by atoms with van der Waals surface area (Å²) in [6.45, 7) is 1.34. The van der Waals surface area contributed by atoms with Crippen LogP contribution in [0.4, 0.5) is 0 Å². The molecule has 2 heterocycles. The van der Waals surface area contributed by atoms with Gasteiger partial charge in [-0.25, -0.2) is 4.79 Å². The number of ether oxygens (including phenoxy) is 1. The SMILES string of the molecule is O=C(O)c1ccc2c(c1)OCC1CNN=C21. The van der Waals surface area contributed by atoms with Gasteiger partial charge in [0.05, 0.1) is 23.8 Å². The average molecular weight is 218 g/mol. The summed E-state index contributed by atoms with van der Waals surface area (Å²) in [7, 11) is 0. The lowest BCUT2D eigenvalue weighted by molar-refractivity contribution is 0.0696. The normalized spacial score (nSPS) is 21.2. The molecule has 0 amide bonds. The Morgan fingerprint density at radius 2 is 2.44 bits per heavy atom. The molecule has 0 aromatic heterocycles. The minimum absolute atomic E-state index is 0.240. The Morgan fingerprint density at radius 1 is 1.56 bits per heavy atom. The summed E-state index contributed by atoms with van der Waals surface area (Å²) in [4.78, 5) is 10.8. The molecular weight excluding hydrogens is 208 g/mol. The first-order valence-electron chi connectivity index (χ1n) is 5.06. The first-order valence-corrected chi connectivity index (χ1v) is 5.06. The van der Waals surface area contributed by atoms with Gasteiger partial charge in [-0.2, -0.15) is 5.10 Å². The van der Waals surface area contributed by atoms with Crippen molar-refractivity contribution in [2.24, 2.45) is 11.0 Å². The summed E-state index contributed by atoms with van der Waals surface area (Å²) in [6, 6.07) is 4.89. The van der Waals surface area contributed by atoms with Crippen molar-refractivity contribution in [3.05, 3.63) is 29.3 Å². The Labute approximate surface area is 91.7 Å². The summed E-state index contributed by atoms with van der Waals surface area (Å²) in [6.07, 6.45) is 0. The zero-order valence-electron chi connectivity index (χ0n) is 8.43. The topological polar surface area (TPSA) is 70.9 Å². The molecule has 3 rings (SSSR count). The molecule has 0 saturated heterocycles. The second-order valence-corrected chi connectivity index (χ2v) is 3.88. The molecule has 0 aliphatic carbocycles. The van der Waals surface area contributed by atoms with E-state index in [0.29, 0.717) is 12.4 Å². The summed E-state index contributed by atoms with van der Waals surface area (Å²) >= 11 is 0. The molecule has 0 saturated carbocycles. The molecule has 1 aromatic carbocycles. The van der Waals surface area contributed by atoms with Crippen molar-refractivity contribution < 1.29 is 14.6 Å². The molecule has 2 N–H and O–H groups in total. The van der Waals surface area contributed by atoms with Crippen LogP contribution >= 0.6 is 0 Å². The molecule has 2 aliphatic rings. The molecule has 0 fully saturated rings. The summed E-state index contributed by atoms with van der Waals surface area (Å²) < 4.78 is 5.54. The van der Waals surface area contributed by atoms with Gasteiger partial charge in [0, 0.05) is 12.1 Å². The number of aromatic carboxylic acids is 1. The van der Waals surface area contributed by atoms with Crippen LogP contribution in [-0.4, -0.2) is 29.9 Å². The van der Waals surface area contributed by atoms with E-state index in [-0.39, 0.29) is 11.5 Å². The van der Waals surface area contributed by atoms with Crippen molar-refractivity contribution in [3.8, 4) is 5.75 Å². The van der Waals surface area contributed by atoms with Crippen LogP contribution in [0.15, 0.2) is 23.3 Å². The molecule has 1 aromatic rings. The lowest BCUT2D eigenvalue weighted by Gasteiger charge is -2.22. The van der Waals surface area contributed by atoms with Crippen molar-refractivity contribution in [1.29, 1.82) is 0 Å². The van der Waals surface area contributed by atoms with Gasteiger partial charge in [-0.15, -0.1) is 0 Å². The van der Waals surface area contributed by atoms with Crippen LogP contribution in [0.3, 0.4) is 0 Å². The zero-order valence-corrected chi connectivity index (χ0v) is 8.43. The molecule has 1 unspecified atom stereocenters. The smallest absolute Gasteiger partial charge is 0.335 e. The van der Waals surface area contributed by atoms with E-state index in [0.717, 1.165) is 17.8 Å². The van der Waals surface area contributed by atoms with Crippen molar-refractivity contribution in [3.63, 3.8) is 0 Å². The fourth-order valence-electron chi connectivity index (χ4n) is 2.02. The van der Waals surface area contributed by atoms with Crippen LogP contribution in [0.25, 0.3) is 0 Å². The Balaban J connectivity index is 2.08. The number of nitrogens with zero attached hydrogens (tertiary/aromatic N) is 1. The number of fused-ring (bicyclic) bond motifs is 3. The predicted octanol–water partition coefficient (Wildman–Crippen LogP) is 0.701. The van der Waals surface area contributed by atoms with Gasteiger partial charge >= 0.3 is 5.97 Å². The molecule has 1 atom stereocenters. The van der Waals surface area contributed by atoms with Gasteiger partial charge in [0.25, 0.3) is 0 Å². The predicted molar refractivity (Wildman–Crippen MR) is 56.9 cm³/mol. The van der Waals surface area contributed by atoms with E-state index in [9.17, 15) is 4.79 Å². The van der Waals surface area contributed by atoms with E-state index in [4.69, 9.17) is 9.84 Å². The third-order valence-corrected chi connectivity index (χ3v) is 2.87. The maximum Gasteiger partial charge on any atom is 0.335 e.